The van der Waals surface area contributed by atoms with Crippen molar-refractivity contribution < 1.29 is 9.59 Å². The molecular formula is C20H25N3O2. The highest BCUT2D eigenvalue weighted by Gasteiger charge is 2.28. The Morgan fingerprint density at radius 3 is 2.60 bits per heavy atom. The highest BCUT2D eigenvalue weighted by molar-refractivity contribution is 6.00. The summed E-state index contributed by atoms with van der Waals surface area (Å²) in [5.74, 6) is -0.413. The number of para-hydroxylation sites is 1. The standard InChI is InChI=1S/C20H25N3O2/c1-4-15-7-5-6-8-18(15)22-19(24)12-21-20(25)17-11-13(2)23(14(17)3)16-9-10-16/h5-8,11,16H,4,9-10,12H2,1-3H3,(H,21,25)(H,22,24). The fraction of sp³-hybridized carbons (Fsp3) is 0.400. The summed E-state index contributed by atoms with van der Waals surface area (Å²) in [5, 5.41) is 5.60. The summed E-state index contributed by atoms with van der Waals surface area (Å²) in [4.78, 5) is 24.6. The Morgan fingerprint density at radius 1 is 1.20 bits per heavy atom. The van der Waals surface area contributed by atoms with Crippen molar-refractivity contribution in [3.05, 3.63) is 52.8 Å². The summed E-state index contributed by atoms with van der Waals surface area (Å²) in [6.07, 6.45) is 3.20. The molecule has 0 atom stereocenters. The van der Waals surface area contributed by atoms with Crippen LogP contribution in [0.5, 0.6) is 0 Å². The zero-order valence-electron chi connectivity index (χ0n) is 15.1. The molecule has 1 aliphatic rings. The van der Waals surface area contributed by atoms with Crippen LogP contribution in [0.15, 0.2) is 30.3 Å². The van der Waals surface area contributed by atoms with Crippen molar-refractivity contribution in [1.82, 2.24) is 9.88 Å². The van der Waals surface area contributed by atoms with E-state index >= 15 is 0 Å². The molecule has 5 nitrogen and oxygen atoms in total. The highest BCUT2D eigenvalue weighted by Crippen LogP contribution is 2.38. The van der Waals surface area contributed by atoms with Gasteiger partial charge < -0.3 is 15.2 Å². The normalized spacial score (nSPS) is 13.6. The number of aromatic nitrogens is 1. The van der Waals surface area contributed by atoms with Gasteiger partial charge in [-0.25, -0.2) is 0 Å². The van der Waals surface area contributed by atoms with E-state index in [1.54, 1.807) is 0 Å². The Labute approximate surface area is 148 Å². The first-order chi connectivity index (χ1) is 12.0. The van der Waals surface area contributed by atoms with Crippen molar-refractivity contribution in [2.45, 2.75) is 46.1 Å². The second-order valence-electron chi connectivity index (χ2n) is 6.63. The SMILES string of the molecule is CCc1ccccc1NC(=O)CNC(=O)c1cc(C)n(C2CC2)c1C. The molecule has 0 aliphatic heterocycles. The van der Waals surface area contributed by atoms with Gasteiger partial charge in [0.15, 0.2) is 0 Å². The van der Waals surface area contributed by atoms with Crippen LogP contribution >= 0.6 is 0 Å². The monoisotopic (exact) mass is 339 g/mol. The predicted octanol–water partition coefficient (Wildman–Crippen LogP) is 3.37. The number of anilines is 1. The number of hydrogen-bond donors (Lipinski definition) is 2. The molecule has 1 aromatic carbocycles. The van der Waals surface area contributed by atoms with Crippen molar-refractivity contribution in [2.75, 3.05) is 11.9 Å². The summed E-state index contributed by atoms with van der Waals surface area (Å²) in [6.45, 7) is 6.00. The number of nitrogens with zero attached hydrogens (tertiary/aromatic N) is 1. The molecular weight excluding hydrogens is 314 g/mol. The van der Waals surface area contributed by atoms with Gasteiger partial charge in [-0.2, -0.15) is 0 Å². The molecule has 1 aliphatic carbocycles. The van der Waals surface area contributed by atoms with Crippen molar-refractivity contribution >= 4 is 17.5 Å². The van der Waals surface area contributed by atoms with Crippen molar-refractivity contribution in [1.29, 1.82) is 0 Å². The zero-order chi connectivity index (χ0) is 18.0. The van der Waals surface area contributed by atoms with Crippen LogP contribution in [0.2, 0.25) is 0 Å². The third kappa shape index (κ3) is 3.76. The van der Waals surface area contributed by atoms with Gasteiger partial charge in [0.2, 0.25) is 5.91 Å². The number of carbonyl (C=O) groups is 2. The van der Waals surface area contributed by atoms with Gasteiger partial charge in [-0.15, -0.1) is 0 Å². The molecule has 3 rings (SSSR count). The van der Waals surface area contributed by atoms with Crippen molar-refractivity contribution in [3.8, 4) is 0 Å². The van der Waals surface area contributed by atoms with Crippen LogP contribution in [-0.4, -0.2) is 22.9 Å². The Hall–Kier alpha value is -2.56. The number of nitrogens with one attached hydrogen (secondary N) is 2. The van der Waals surface area contributed by atoms with E-state index in [0.717, 1.165) is 29.1 Å². The molecule has 2 N–H and O–H groups in total. The second-order valence-corrected chi connectivity index (χ2v) is 6.63. The number of hydrogen-bond acceptors (Lipinski definition) is 2. The molecule has 0 spiro atoms. The molecule has 25 heavy (non-hydrogen) atoms. The fourth-order valence-electron chi connectivity index (χ4n) is 3.30. The Kier molecular flexibility index (Phi) is 4.93. The van der Waals surface area contributed by atoms with E-state index in [1.165, 1.54) is 12.8 Å². The summed E-state index contributed by atoms with van der Waals surface area (Å²) >= 11 is 0. The predicted molar refractivity (Wildman–Crippen MR) is 99.0 cm³/mol. The molecule has 0 radical (unpaired) electrons. The number of amides is 2. The van der Waals surface area contributed by atoms with E-state index in [0.29, 0.717) is 11.6 Å². The Bertz CT molecular complexity index is 803. The number of rotatable bonds is 6. The number of carbonyl (C=O) groups excluding carboxylic acids is 2. The highest BCUT2D eigenvalue weighted by atomic mass is 16.2. The molecule has 2 aromatic rings. The summed E-state index contributed by atoms with van der Waals surface area (Å²) in [7, 11) is 0. The van der Waals surface area contributed by atoms with Gasteiger partial charge >= 0.3 is 0 Å². The van der Waals surface area contributed by atoms with Gasteiger partial charge in [0, 0.05) is 23.1 Å². The molecule has 0 bridgehead atoms. The minimum absolute atomic E-state index is 0.0377. The minimum Gasteiger partial charge on any atom is -0.345 e. The lowest BCUT2D eigenvalue weighted by Gasteiger charge is -2.11. The van der Waals surface area contributed by atoms with Gasteiger partial charge in [-0.05, 0) is 50.8 Å². The summed E-state index contributed by atoms with van der Waals surface area (Å²) < 4.78 is 2.23. The molecule has 1 fully saturated rings. The lowest BCUT2D eigenvalue weighted by Crippen LogP contribution is -2.33. The lowest BCUT2D eigenvalue weighted by molar-refractivity contribution is -0.115. The fourth-order valence-corrected chi connectivity index (χ4v) is 3.30. The number of benzene rings is 1. The van der Waals surface area contributed by atoms with Crippen molar-refractivity contribution in [3.63, 3.8) is 0 Å². The van der Waals surface area contributed by atoms with Crippen LogP contribution in [0.4, 0.5) is 5.69 Å². The molecule has 132 valence electrons. The number of aryl methyl sites for hydroxylation is 2. The van der Waals surface area contributed by atoms with E-state index in [9.17, 15) is 9.59 Å². The van der Waals surface area contributed by atoms with Crippen LogP contribution in [0, 0.1) is 13.8 Å². The summed E-state index contributed by atoms with van der Waals surface area (Å²) in [6, 6.07) is 10.2. The molecule has 0 saturated heterocycles. The molecule has 1 aromatic heterocycles. The molecule has 0 unspecified atom stereocenters. The van der Waals surface area contributed by atoms with Crippen LogP contribution in [-0.2, 0) is 11.2 Å². The van der Waals surface area contributed by atoms with Crippen LogP contribution in [0.25, 0.3) is 0 Å². The molecule has 2 amide bonds. The first kappa shape index (κ1) is 17.3. The quantitative estimate of drug-likeness (QED) is 0.847. The van der Waals surface area contributed by atoms with E-state index in [4.69, 9.17) is 0 Å². The van der Waals surface area contributed by atoms with Gasteiger partial charge in [-0.3, -0.25) is 9.59 Å². The maximum atomic E-state index is 12.4. The largest absolute Gasteiger partial charge is 0.345 e. The molecule has 5 heteroatoms. The first-order valence-corrected chi connectivity index (χ1v) is 8.85. The topological polar surface area (TPSA) is 63.1 Å². The van der Waals surface area contributed by atoms with E-state index < -0.39 is 0 Å². The smallest absolute Gasteiger partial charge is 0.253 e. The maximum absolute atomic E-state index is 12.4. The molecule has 1 heterocycles. The summed E-state index contributed by atoms with van der Waals surface area (Å²) in [5.41, 5.74) is 4.62. The van der Waals surface area contributed by atoms with Gasteiger partial charge in [0.1, 0.15) is 0 Å². The first-order valence-electron chi connectivity index (χ1n) is 8.85. The van der Waals surface area contributed by atoms with Gasteiger partial charge in [-0.1, -0.05) is 25.1 Å². The average molecular weight is 339 g/mol. The third-order valence-electron chi connectivity index (χ3n) is 4.72. The zero-order valence-corrected chi connectivity index (χ0v) is 15.1. The third-order valence-corrected chi connectivity index (χ3v) is 4.72. The Balaban J connectivity index is 1.61. The van der Waals surface area contributed by atoms with Gasteiger partial charge in [0.05, 0.1) is 12.1 Å². The Morgan fingerprint density at radius 2 is 1.92 bits per heavy atom. The lowest BCUT2D eigenvalue weighted by atomic mass is 10.1. The average Bonchev–Trinajstić information content (AvgIpc) is 3.38. The van der Waals surface area contributed by atoms with Crippen LogP contribution in [0.1, 0.15) is 53.1 Å². The van der Waals surface area contributed by atoms with E-state index in [1.807, 2.05) is 51.1 Å². The minimum atomic E-state index is -0.217. The second kappa shape index (κ2) is 7.13. The van der Waals surface area contributed by atoms with Crippen LogP contribution < -0.4 is 10.6 Å². The molecule has 1 saturated carbocycles. The van der Waals surface area contributed by atoms with Gasteiger partial charge in [0.25, 0.3) is 5.91 Å². The van der Waals surface area contributed by atoms with Crippen molar-refractivity contribution in [2.24, 2.45) is 0 Å². The maximum Gasteiger partial charge on any atom is 0.253 e. The van der Waals surface area contributed by atoms with Crippen LogP contribution in [0.3, 0.4) is 0 Å². The van der Waals surface area contributed by atoms with E-state index in [2.05, 4.69) is 15.2 Å². The van der Waals surface area contributed by atoms with E-state index in [-0.39, 0.29) is 18.4 Å².